The molecule has 0 aliphatic heterocycles. The topological polar surface area (TPSA) is 92.2 Å². The van der Waals surface area contributed by atoms with E-state index in [2.05, 4.69) is 0 Å². The summed E-state index contributed by atoms with van der Waals surface area (Å²) < 4.78 is 21.1. The summed E-state index contributed by atoms with van der Waals surface area (Å²) in [6.07, 6.45) is 0.468. The fourth-order valence-electron chi connectivity index (χ4n) is 1.15. The van der Waals surface area contributed by atoms with E-state index in [1.54, 1.807) is 0 Å². The van der Waals surface area contributed by atoms with Gasteiger partial charge in [-0.25, -0.2) is 0 Å². The van der Waals surface area contributed by atoms with Crippen molar-refractivity contribution in [2.75, 3.05) is 0 Å². The zero-order chi connectivity index (χ0) is 10.6. The van der Waals surface area contributed by atoms with Crippen LogP contribution in [0.15, 0.2) is 30.3 Å². The van der Waals surface area contributed by atoms with Crippen molar-refractivity contribution >= 4 is 23.5 Å². The van der Waals surface area contributed by atoms with Gasteiger partial charge in [-0.1, -0.05) is 30.3 Å². The fourth-order valence-corrected chi connectivity index (χ4v) is 1.53. The molecular formula is C9H14ClN2O2S-. The van der Waals surface area contributed by atoms with Crippen LogP contribution in [0.5, 0.6) is 0 Å². The third-order valence-electron chi connectivity index (χ3n) is 1.96. The van der Waals surface area contributed by atoms with Crippen molar-refractivity contribution in [2.45, 2.75) is 17.8 Å². The lowest BCUT2D eigenvalue weighted by Gasteiger charge is -2.21. The van der Waals surface area contributed by atoms with Crippen molar-refractivity contribution in [1.29, 1.82) is 0 Å². The highest BCUT2D eigenvalue weighted by Gasteiger charge is 2.13. The van der Waals surface area contributed by atoms with Crippen LogP contribution in [0.3, 0.4) is 0 Å². The van der Waals surface area contributed by atoms with Gasteiger partial charge in [0.05, 0.1) is 5.37 Å². The Hall–Kier alpha value is -0.460. The summed E-state index contributed by atoms with van der Waals surface area (Å²) in [6.45, 7) is 0. The molecule has 0 aliphatic carbocycles. The monoisotopic (exact) mass is 249 g/mol. The maximum absolute atomic E-state index is 10.5. The van der Waals surface area contributed by atoms with Gasteiger partial charge >= 0.3 is 0 Å². The van der Waals surface area contributed by atoms with Gasteiger partial charge in [0, 0.05) is 6.04 Å². The van der Waals surface area contributed by atoms with Gasteiger partial charge in [0.2, 0.25) is 0 Å². The Labute approximate surface area is 97.7 Å². The lowest BCUT2D eigenvalue weighted by atomic mass is 10.1. The second kappa shape index (κ2) is 6.92. The van der Waals surface area contributed by atoms with E-state index < -0.39 is 22.5 Å². The van der Waals surface area contributed by atoms with Crippen LogP contribution in [0, 0.1) is 0 Å². The average Bonchev–Trinajstić information content (AvgIpc) is 2.18. The Morgan fingerprint density at radius 3 is 2.27 bits per heavy atom. The van der Waals surface area contributed by atoms with Crippen LogP contribution in [-0.4, -0.2) is 20.2 Å². The highest BCUT2D eigenvalue weighted by atomic mass is 35.5. The van der Waals surface area contributed by atoms with Crippen LogP contribution in [0.4, 0.5) is 0 Å². The molecule has 0 aliphatic rings. The Morgan fingerprint density at radius 1 is 1.27 bits per heavy atom. The van der Waals surface area contributed by atoms with E-state index in [0.717, 1.165) is 5.56 Å². The minimum Gasteiger partial charge on any atom is -0.771 e. The molecule has 3 atom stereocenters. The van der Waals surface area contributed by atoms with E-state index in [0.29, 0.717) is 6.42 Å². The summed E-state index contributed by atoms with van der Waals surface area (Å²) in [4.78, 5) is 0. The summed E-state index contributed by atoms with van der Waals surface area (Å²) in [6, 6.07) is 8.86. The van der Waals surface area contributed by atoms with Crippen molar-refractivity contribution in [3.05, 3.63) is 35.9 Å². The highest BCUT2D eigenvalue weighted by molar-refractivity contribution is 7.79. The van der Waals surface area contributed by atoms with Crippen molar-refractivity contribution < 1.29 is 8.76 Å². The molecule has 4 N–H and O–H groups in total. The molecule has 0 aromatic heterocycles. The minimum absolute atomic E-state index is 0. The van der Waals surface area contributed by atoms with E-state index in [4.69, 9.17) is 11.5 Å². The molecule has 0 spiro atoms. The third-order valence-corrected chi connectivity index (χ3v) is 2.75. The number of halogens is 1. The quantitative estimate of drug-likeness (QED) is 0.743. The van der Waals surface area contributed by atoms with E-state index >= 15 is 0 Å². The van der Waals surface area contributed by atoms with Gasteiger partial charge in [-0.05, 0) is 23.1 Å². The van der Waals surface area contributed by atoms with Crippen molar-refractivity contribution in [3.8, 4) is 0 Å². The average molecular weight is 250 g/mol. The predicted molar refractivity (Wildman–Crippen MR) is 62.3 cm³/mol. The molecule has 0 bridgehead atoms. The molecule has 1 aromatic carbocycles. The zero-order valence-electron chi connectivity index (χ0n) is 8.04. The van der Waals surface area contributed by atoms with Gasteiger partial charge in [-0.2, -0.15) is 0 Å². The maximum Gasteiger partial charge on any atom is 0.0833 e. The normalized spacial score (nSPS) is 16.2. The smallest absolute Gasteiger partial charge is 0.0833 e. The molecule has 3 unspecified atom stereocenters. The molecule has 4 nitrogen and oxygen atoms in total. The van der Waals surface area contributed by atoms with Crippen LogP contribution < -0.4 is 11.5 Å². The highest BCUT2D eigenvalue weighted by Crippen LogP contribution is 2.04. The summed E-state index contributed by atoms with van der Waals surface area (Å²) in [7, 11) is 0. The standard InChI is InChI=1S/C9H14N2O2S.ClH/c10-8(9(11)14(12)13)6-7-4-2-1-3-5-7;/h1-5,8-9H,6,10-11H2,(H,12,13);1H/p-1. The van der Waals surface area contributed by atoms with Crippen molar-refractivity contribution in [3.63, 3.8) is 0 Å². The maximum atomic E-state index is 10.5. The Bertz CT molecular complexity index is 310. The first-order valence-electron chi connectivity index (χ1n) is 4.24. The van der Waals surface area contributed by atoms with Crippen LogP contribution >= 0.6 is 12.4 Å². The number of benzene rings is 1. The van der Waals surface area contributed by atoms with Crippen LogP contribution in [0.2, 0.25) is 0 Å². The zero-order valence-corrected chi connectivity index (χ0v) is 9.67. The minimum atomic E-state index is -2.31. The van der Waals surface area contributed by atoms with E-state index in [1.165, 1.54) is 0 Å². The second-order valence-corrected chi connectivity index (χ2v) is 4.14. The number of hydrogen-bond donors (Lipinski definition) is 2. The summed E-state index contributed by atoms with van der Waals surface area (Å²) in [5.74, 6) is 0. The largest absolute Gasteiger partial charge is 0.771 e. The first-order chi connectivity index (χ1) is 6.61. The Morgan fingerprint density at radius 2 is 1.80 bits per heavy atom. The van der Waals surface area contributed by atoms with E-state index in [-0.39, 0.29) is 12.4 Å². The third kappa shape index (κ3) is 4.72. The number of nitrogens with two attached hydrogens (primary N) is 2. The molecule has 1 rings (SSSR count). The molecule has 0 amide bonds. The lowest BCUT2D eigenvalue weighted by molar-refractivity contribution is 0.502. The van der Waals surface area contributed by atoms with Gasteiger partial charge < -0.3 is 16.0 Å². The van der Waals surface area contributed by atoms with Crippen LogP contribution in [-0.2, 0) is 17.5 Å². The van der Waals surface area contributed by atoms with Gasteiger partial charge in [-0.15, -0.1) is 12.4 Å². The molecule has 0 radical (unpaired) electrons. The van der Waals surface area contributed by atoms with E-state index in [9.17, 15) is 8.76 Å². The van der Waals surface area contributed by atoms with Crippen molar-refractivity contribution in [2.24, 2.45) is 11.5 Å². The molecule has 15 heavy (non-hydrogen) atoms. The first kappa shape index (κ1) is 14.5. The molecular weight excluding hydrogens is 236 g/mol. The van der Waals surface area contributed by atoms with Crippen molar-refractivity contribution in [1.82, 2.24) is 0 Å². The molecule has 1 aromatic rings. The summed E-state index contributed by atoms with van der Waals surface area (Å²) >= 11 is -2.31. The van der Waals surface area contributed by atoms with Gasteiger partial charge in [-0.3, -0.25) is 4.21 Å². The predicted octanol–water partition coefficient (Wildman–Crippen LogP) is 0.142. The SMILES string of the molecule is Cl.NC(Cc1ccccc1)C(N)S(=O)[O-]. The van der Waals surface area contributed by atoms with Crippen LogP contribution in [0.1, 0.15) is 5.56 Å². The molecule has 0 heterocycles. The first-order valence-corrected chi connectivity index (χ1v) is 5.38. The Kier molecular flexibility index (Phi) is 6.71. The van der Waals surface area contributed by atoms with Gasteiger partial charge in [0.25, 0.3) is 0 Å². The molecule has 6 heteroatoms. The molecule has 0 saturated heterocycles. The summed E-state index contributed by atoms with van der Waals surface area (Å²) in [5.41, 5.74) is 12.0. The fraction of sp³-hybridized carbons (Fsp3) is 0.333. The molecule has 0 fully saturated rings. The molecule has 0 saturated carbocycles. The second-order valence-electron chi connectivity index (χ2n) is 3.08. The van der Waals surface area contributed by atoms with Crippen LogP contribution in [0.25, 0.3) is 0 Å². The molecule has 86 valence electrons. The van der Waals surface area contributed by atoms with E-state index in [1.807, 2.05) is 30.3 Å². The lowest BCUT2D eigenvalue weighted by Crippen LogP contribution is -2.45. The van der Waals surface area contributed by atoms with Gasteiger partial charge in [0.15, 0.2) is 0 Å². The number of rotatable bonds is 4. The summed E-state index contributed by atoms with van der Waals surface area (Å²) in [5, 5.41) is -1.00. The van der Waals surface area contributed by atoms with Gasteiger partial charge in [0.1, 0.15) is 0 Å². The number of hydrogen-bond acceptors (Lipinski definition) is 4. The Balaban J connectivity index is 0.00000196.